The zero-order valence-corrected chi connectivity index (χ0v) is 11.7. The smallest absolute Gasteiger partial charge is 0.129 e. The molecule has 1 aromatic heterocycles. The molecule has 108 valence electrons. The van der Waals surface area contributed by atoms with Crippen molar-refractivity contribution < 1.29 is 13.9 Å². The van der Waals surface area contributed by atoms with Gasteiger partial charge in [-0.15, -0.1) is 11.3 Å². The van der Waals surface area contributed by atoms with Crippen LogP contribution < -0.4 is 5.32 Å². The molecule has 21 heavy (non-hydrogen) atoms. The lowest BCUT2D eigenvalue weighted by Crippen LogP contribution is -2.13. The Labute approximate surface area is 123 Å². The van der Waals surface area contributed by atoms with Crippen molar-refractivity contribution in [1.29, 1.82) is 0 Å². The molecule has 0 saturated heterocycles. The molecule has 0 saturated carbocycles. The number of anilines is 1. The molecule has 6 heteroatoms. The number of rotatable bonds is 4. The predicted octanol–water partition coefficient (Wildman–Crippen LogP) is 3.72. The van der Waals surface area contributed by atoms with Crippen molar-refractivity contribution in [3.63, 3.8) is 0 Å². The van der Waals surface area contributed by atoms with Crippen LogP contribution in [-0.2, 0) is 0 Å². The molecule has 3 rings (SSSR count). The summed E-state index contributed by atoms with van der Waals surface area (Å²) in [5.41, 5.74) is 3.40. The summed E-state index contributed by atoms with van der Waals surface area (Å²) < 4.78 is 27.7. The van der Waals surface area contributed by atoms with E-state index in [2.05, 4.69) is 10.3 Å². The summed E-state index contributed by atoms with van der Waals surface area (Å²) in [4.78, 5) is 4.17. The first-order valence-corrected chi connectivity index (χ1v) is 7.21. The van der Waals surface area contributed by atoms with Crippen molar-refractivity contribution in [2.75, 3.05) is 11.9 Å². The van der Waals surface area contributed by atoms with Gasteiger partial charge in [0.1, 0.15) is 11.6 Å². The van der Waals surface area contributed by atoms with Gasteiger partial charge < -0.3 is 10.4 Å². The minimum absolute atomic E-state index is 0.0543. The molecule has 3 aromatic rings. The monoisotopic (exact) mass is 306 g/mol. The van der Waals surface area contributed by atoms with Crippen molar-refractivity contribution in [3.05, 3.63) is 59.1 Å². The second-order valence-electron chi connectivity index (χ2n) is 4.60. The maximum atomic E-state index is 13.6. The number of halogens is 2. The van der Waals surface area contributed by atoms with Crippen LogP contribution in [0.2, 0.25) is 0 Å². The van der Waals surface area contributed by atoms with E-state index in [-0.39, 0.29) is 12.1 Å². The minimum Gasteiger partial charge on any atom is -0.386 e. The molecule has 0 aliphatic heterocycles. The van der Waals surface area contributed by atoms with E-state index in [1.165, 1.54) is 11.3 Å². The van der Waals surface area contributed by atoms with E-state index in [0.717, 1.165) is 34.1 Å². The van der Waals surface area contributed by atoms with Crippen molar-refractivity contribution in [2.24, 2.45) is 0 Å². The molecule has 2 aromatic carbocycles. The third-order valence-corrected chi connectivity index (χ3v) is 3.94. The van der Waals surface area contributed by atoms with Gasteiger partial charge in [0.2, 0.25) is 0 Å². The van der Waals surface area contributed by atoms with Gasteiger partial charge in [0.25, 0.3) is 0 Å². The summed E-state index contributed by atoms with van der Waals surface area (Å²) in [7, 11) is 0. The van der Waals surface area contributed by atoms with Crippen LogP contribution in [0.4, 0.5) is 14.5 Å². The molecule has 3 nitrogen and oxygen atoms in total. The summed E-state index contributed by atoms with van der Waals surface area (Å²) in [6.45, 7) is 0.0880. The van der Waals surface area contributed by atoms with Gasteiger partial charge in [-0.1, -0.05) is 0 Å². The predicted molar refractivity (Wildman–Crippen MR) is 79.4 cm³/mol. The minimum atomic E-state index is -1.13. The van der Waals surface area contributed by atoms with Crippen LogP contribution in [0.3, 0.4) is 0 Å². The number of nitrogens with zero attached hydrogens (tertiary/aromatic N) is 1. The van der Waals surface area contributed by atoms with Crippen molar-refractivity contribution in [1.82, 2.24) is 4.98 Å². The number of aliphatic hydroxyl groups excluding tert-OH is 1. The van der Waals surface area contributed by atoms with E-state index in [1.807, 2.05) is 18.2 Å². The van der Waals surface area contributed by atoms with E-state index in [1.54, 1.807) is 5.51 Å². The highest BCUT2D eigenvalue weighted by Crippen LogP contribution is 2.23. The van der Waals surface area contributed by atoms with E-state index >= 15 is 0 Å². The average molecular weight is 306 g/mol. The van der Waals surface area contributed by atoms with Crippen LogP contribution in [0.1, 0.15) is 11.7 Å². The number of aliphatic hydroxyl groups is 1. The Bertz CT molecular complexity index is 775. The molecule has 0 spiro atoms. The lowest BCUT2D eigenvalue weighted by atomic mass is 10.1. The molecular weight excluding hydrogens is 294 g/mol. The fraction of sp³-hybridized carbons (Fsp3) is 0.133. The maximum absolute atomic E-state index is 13.6. The van der Waals surface area contributed by atoms with Crippen LogP contribution in [0.25, 0.3) is 10.2 Å². The van der Waals surface area contributed by atoms with E-state index in [9.17, 15) is 13.9 Å². The van der Waals surface area contributed by atoms with E-state index in [0.29, 0.717) is 0 Å². The third kappa shape index (κ3) is 3.01. The molecule has 0 bridgehead atoms. The van der Waals surface area contributed by atoms with Gasteiger partial charge in [0, 0.05) is 17.8 Å². The molecule has 0 aliphatic carbocycles. The van der Waals surface area contributed by atoms with E-state index in [4.69, 9.17) is 0 Å². The highest BCUT2D eigenvalue weighted by Gasteiger charge is 2.13. The quantitative estimate of drug-likeness (QED) is 0.772. The standard InChI is InChI=1S/C15H12F2N2OS/c16-9-1-3-12(17)11(5-9)14(20)7-18-10-2-4-13-15(6-10)21-8-19-13/h1-6,8,14,18,20H,7H2. The van der Waals surface area contributed by atoms with Crippen LogP contribution in [0.5, 0.6) is 0 Å². The highest BCUT2D eigenvalue weighted by atomic mass is 32.1. The van der Waals surface area contributed by atoms with E-state index < -0.39 is 17.7 Å². The number of benzene rings is 2. The topological polar surface area (TPSA) is 45.1 Å². The SMILES string of the molecule is OC(CNc1ccc2ncsc2c1)c1cc(F)ccc1F. The van der Waals surface area contributed by atoms with Crippen LogP contribution in [0, 0.1) is 11.6 Å². The molecule has 2 N–H and O–H groups in total. The second-order valence-corrected chi connectivity index (χ2v) is 5.48. The molecular formula is C15H12F2N2OS. The van der Waals surface area contributed by atoms with Crippen molar-refractivity contribution >= 4 is 27.2 Å². The van der Waals surface area contributed by atoms with Crippen molar-refractivity contribution in [3.8, 4) is 0 Å². The third-order valence-electron chi connectivity index (χ3n) is 3.15. The molecule has 1 atom stereocenters. The fourth-order valence-electron chi connectivity index (χ4n) is 2.06. The normalized spacial score (nSPS) is 12.5. The first-order chi connectivity index (χ1) is 10.1. The fourth-order valence-corrected chi connectivity index (χ4v) is 2.78. The van der Waals surface area contributed by atoms with Gasteiger partial charge in [0.15, 0.2) is 0 Å². The number of nitrogens with one attached hydrogen (secondary N) is 1. The first-order valence-electron chi connectivity index (χ1n) is 6.33. The highest BCUT2D eigenvalue weighted by molar-refractivity contribution is 7.16. The van der Waals surface area contributed by atoms with Gasteiger partial charge in [-0.05, 0) is 36.4 Å². The number of hydrogen-bond donors (Lipinski definition) is 2. The summed E-state index contributed by atoms with van der Waals surface area (Å²) in [5, 5.41) is 13.0. The lowest BCUT2D eigenvalue weighted by molar-refractivity contribution is 0.186. The summed E-state index contributed by atoms with van der Waals surface area (Å²) >= 11 is 1.51. The zero-order valence-electron chi connectivity index (χ0n) is 10.9. The Kier molecular flexibility index (Phi) is 3.81. The van der Waals surface area contributed by atoms with Gasteiger partial charge in [-0.25, -0.2) is 13.8 Å². The first kappa shape index (κ1) is 13.9. The van der Waals surface area contributed by atoms with Crippen LogP contribution in [-0.4, -0.2) is 16.6 Å². The average Bonchev–Trinajstić information content (AvgIpc) is 2.94. The van der Waals surface area contributed by atoms with Crippen molar-refractivity contribution in [2.45, 2.75) is 6.10 Å². The lowest BCUT2D eigenvalue weighted by Gasteiger charge is -2.14. The Morgan fingerprint density at radius 2 is 2.05 bits per heavy atom. The summed E-state index contributed by atoms with van der Waals surface area (Å²) in [6, 6.07) is 8.64. The molecule has 1 heterocycles. The molecule has 0 aliphatic rings. The molecule has 0 amide bonds. The molecule has 0 fully saturated rings. The Hall–Kier alpha value is -2.05. The van der Waals surface area contributed by atoms with Gasteiger partial charge in [-0.2, -0.15) is 0 Å². The Morgan fingerprint density at radius 1 is 1.19 bits per heavy atom. The Morgan fingerprint density at radius 3 is 2.90 bits per heavy atom. The zero-order chi connectivity index (χ0) is 14.8. The Balaban J connectivity index is 1.72. The largest absolute Gasteiger partial charge is 0.386 e. The summed E-state index contributed by atoms with van der Waals surface area (Å²) in [6.07, 6.45) is -1.13. The molecule has 1 unspecified atom stereocenters. The van der Waals surface area contributed by atoms with Gasteiger partial charge >= 0.3 is 0 Å². The van der Waals surface area contributed by atoms with Crippen LogP contribution >= 0.6 is 11.3 Å². The van der Waals surface area contributed by atoms with Crippen LogP contribution in [0.15, 0.2) is 41.9 Å². The number of hydrogen-bond acceptors (Lipinski definition) is 4. The number of aromatic nitrogens is 1. The summed E-state index contributed by atoms with van der Waals surface area (Å²) in [5.74, 6) is -1.19. The van der Waals surface area contributed by atoms with Gasteiger partial charge in [-0.3, -0.25) is 0 Å². The maximum Gasteiger partial charge on any atom is 0.129 e. The number of fused-ring (bicyclic) bond motifs is 1. The van der Waals surface area contributed by atoms with Gasteiger partial charge in [0.05, 0.1) is 21.8 Å². The number of thiazole rings is 1. The molecule has 0 radical (unpaired) electrons. The second kappa shape index (κ2) is 5.75.